The Morgan fingerprint density at radius 3 is 2.40 bits per heavy atom. The van der Waals surface area contributed by atoms with Crippen LogP contribution in [0.2, 0.25) is 5.02 Å². The van der Waals surface area contributed by atoms with E-state index in [4.69, 9.17) is 11.6 Å². The van der Waals surface area contributed by atoms with Crippen LogP contribution in [0.3, 0.4) is 0 Å². The summed E-state index contributed by atoms with van der Waals surface area (Å²) in [4.78, 5) is 12.3. The van der Waals surface area contributed by atoms with Crippen LogP contribution < -0.4 is 10.0 Å². The van der Waals surface area contributed by atoms with Gasteiger partial charge in [-0.25, -0.2) is 12.8 Å². The van der Waals surface area contributed by atoms with Gasteiger partial charge in [-0.2, -0.15) is 0 Å². The molecule has 0 saturated carbocycles. The van der Waals surface area contributed by atoms with Gasteiger partial charge in [-0.1, -0.05) is 41.6 Å². The van der Waals surface area contributed by atoms with Gasteiger partial charge in [0.25, 0.3) is 15.9 Å². The fourth-order valence-corrected chi connectivity index (χ4v) is 3.75. The molecule has 5 nitrogen and oxygen atoms in total. The minimum Gasteiger partial charge on any atom is -0.341 e. The second-order valence-electron chi connectivity index (χ2n) is 6.10. The fourth-order valence-electron chi connectivity index (χ4n) is 2.46. The Bertz CT molecular complexity index is 1220. The zero-order valence-corrected chi connectivity index (χ0v) is 17.1. The van der Waals surface area contributed by atoms with Crippen molar-refractivity contribution in [1.29, 1.82) is 0 Å². The number of nitrogens with one attached hydrogen (secondary N) is 2. The first-order valence-electron chi connectivity index (χ1n) is 8.75. The Kier molecular flexibility index (Phi) is 6.72. The lowest BCUT2D eigenvalue weighted by atomic mass is 10.2. The van der Waals surface area contributed by atoms with Gasteiger partial charge in [0.1, 0.15) is 5.82 Å². The van der Waals surface area contributed by atoms with Gasteiger partial charge in [-0.05, 0) is 54.6 Å². The number of amides is 1. The molecule has 30 heavy (non-hydrogen) atoms. The molecule has 3 aromatic carbocycles. The number of rotatable bonds is 5. The Labute approximate surface area is 178 Å². The highest BCUT2D eigenvalue weighted by Crippen LogP contribution is 2.22. The molecule has 0 heterocycles. The minimum absolute atomic E-state index is 0.000147. The average Bonchev–Trinajstić information content (AvgIpc) is 2.73. The van der Waals surface area contributed by atoms with Crippen molar-refractivity contribution < 1.29 is 17.6 Å². The van der Waals surface area contributed by atoms with Crippen LogP contribution in [-0.2, 0) is 10.0 Å². The molecule has 152 valence electrons. The molecular formula is C22H16ClFN2O3S. The van der Waals surface area contributed by atoms with E-state index in [2.05, 4.69) is 21.9 Å². The number of hydrogen-bond acceptors (Lipinski definition) is 3. The SMILES string of the molecule is O=C(NCC#Cc1ccccc1)c1cc(S(=O)(=O)Nc2ccc(F)cc2)ccc1Cl. The molecule has 0 saturated heterocycles. The van der Waals surface area contributed by atoms with E-state index >= 15 is 0 Å². The van der Waals surface area contributed by atoms with Crippen molar-refractivity contribution in [3.63, 3.8) is 0 Å². The molecule has 0 aliphatic carbocycles. The predicted molar refractivity (Wildman–Crippen MR) is 114 cm³/mol. The molecule has 1 amide bonds. The standard InChI is InChI=1S/C22H16ClFN2O3S/c23-21-13-12-19(30(28,29)26-18-10-8-17(24)9-11-18)15-20(21)22(27)25-14-4-7-16-5-2-1-3-6-16/h1-3,5-6,8-13,15,26H,14H2,(H,25,27). The van der Waals surface area contributed by atoms with E-state index in [9.17, 15) is 17.6 Å². The first-order valence-corrected chi connectivity index (χ1v) is 10.6. The van der Waals surface area contributed by atoms with Crippen molar-refractivity contribution in [2.45, 2.75) is 4.90 Å². The van der Waals surface area contributed by atoms with Crippen LogP contribution >= 0.6 is 11.6 Å². The van der Waals surface area contributed by atoms with Gasteiger partial charge in [-0.15, -0.1) is 0 Å². The number of halogens is 2. The largest absolute Gasteiger partial charge is 0.341 e. The molecule has 0 atom stereocenters. The zero-order valence-electron chi connectivity index (χ0n) is 15.5. The smallest absolute Gasteiger partial charge is 0.261 e. The minimum atomic E-state index is -4.00. The summed E-state index contributed by atoms with van der Waals surface area (Å²) in [5, 5.41) is 2.69. The lowest BCUT2D eigenvalue weighted by molar-refractivity contribution is 0.0958. The Morgan fingerprint density at radius 2 is 1.70 bits per heavy atom. The van der Waals surface area contributed by atoms with Crippen LogP contribution in [0.5, 0.6) is 0 Å². The van der Waals surface area contributed by atoms with Gasteiger partial charge >= 0.3 is 0 Å². The summed E-state index contributed by atoms with van der Waals surface area (Å²) in [5.41, 5.74) is 0.999. The van der Waals surface area contributed by atoms with E-state index < -0.39 is 21.7 Å². The number of hydrogen-bond donors (Lipinski definition) is 2. The molecule has 0 aromatic heterocycles. The Morgan fingerprint density at radius 1 is 1.00 bits per heavy atom. The van der Waals surface area contributed by atoms with Gasteiger partial charge in [0.15, 0.2) is 0 Å². The molecule has 0 fully saturated rings. The van der Waals surface area contributed by atoms with Crippen molar-refractivity contribution >= 4 is 33.2 Å². The molecular weight excluding hydrogens is 427 g/mol. The summed E-state index contributed by atoms with van der Waals surface area (Å²) in [6.45, 7) is 0.0643. The Hall–Kier alpha value is -3.34. The number of carbonyl (C=O) groups is 1. The van der Waals surface area contributed by atoms with Crippen LogP contribution in [-0.4, -0.2) is 20.9 Å². The summed E-state index contributed by atoms with van der Waals surface area (Å²) in [6, 6.07) is 17.9. The number of sulfonamides is 1. The van der Waals surface area contributed by atoms with Crippen LogP contribution in [0.25, 0.3) is 0 Å². The maximum atomic E-state index is 13.0. The van der Waals surface area contributed by atoms with Crippen molar-refractivity contribution in [2.75, 3.05) is 11.3 Å². The quantitative estimate of drug-likeness (QED) is 0.585. The zero-order chi connectivity index (χ0) is 21.6. The predicted octanol–water partition coefficient (Wildman–Crippen LogP) is 4.06. The molecule has 0 aliphatic heterocycles. The van der Waals surface area contributed by atoms with Crippen LogP contribution in [0.4, 0.5) is 10.1 Å². The molecule has 0 radical (unpaired) electrons. The Balaban J connectivity index is 1.73. The van der Waals surface area contributed by atoms with Gasteiger partial charge < -0.3 is 5.32 Å². The van der Waals surface area contributed by atoms with E-state index in [0.717, 1.165) is 17.7 Å². The summed E-state index contributed by atoms with van der Waals surface area (Å²) in [6.07, 6.45) is 0. The number of anilines is 1. The maximum absolute atomic E-state index is 13.0. The third kappa shape index (κ3) is 5.60. The second kappa shape index (κ2) is 9.44. The first-order chi connectivity index (χ1) is 14.3. The highest BCUT2D eigenvalue weighted by Gasteiger charge is 2.19. The topological polar surface area (TPSA) is 75.3 Å². The maximum Gasteiger partial charge on any atom is 0.261 e. The molecule has 0 unspecified atom stereocenters. The normalized spacial score (nSPS) is 10.6. The van der Waals surface area contributed by atoms with Gasteiger partial charge in [0.05, 0.1) is 22.0 Å². The molecule has 0 bridgehead atoms. The number of benzene rings is 3. The summed E-state index contributed by atoms with van der Waals surface area (Å²) in [7, 11) is -4.00. The van der Waals surface area contributed by atoms with E-state index in [1.807, 2.05) is 30.3 Å². The van der Waals surface area contributed by atoms with Gasteiger partial charge in [-0.3, -0.25) is 9.52 Å². The highest BCUT2D eigenvalue weighted by molar-refractivity contribution is 7.92. The van der Waals surface area contributed by atoms with Gasteiger partial charge in [0, 0.05) is 11.3 Å². The van der Waals surface area contributed by atoms with E-state index in [-0.39, 0.29) is 27.7 Å². The lowest BCUT2D eigenvalue weighted by Crippen LogP contribution is -2.24. The summed E-state index contributed by atoms with van der Waals surface area (Å²) >= 11 is 6.07. The summed E-state index contributed by atoms with van der Waals surface area (Å²) < 4.78 is 40.5. The monoisotopic (exact) mass is 442 g/mol. The van der Waals surface area contributed by atoms with E-state index in [0.29, 0.717) is 0 Å². The summed E-state index contributed by atoms with van der Waals surface area (Å²) in [5.74, 6) is 4.68. The number of carbonyl (C=O) groups excluding carboxylic acids is 1. The highest BCUT2D eigenvalue weighted by atomic mass is 35.5. The van der Waals surface area contributed by atoms with Crippen molar-refractivity contribution in [2.24, 2.45) is 0 Å². The van der Waals surface area contributed by atoms with Crippen LogP contribution in [0.15, 0.2) is 77.7 Å². The van der Waals surface area contributed by atoms with E-state index in [1.165, 1.54) is 30.3 Å². The molecule has 3 aromatic rings. The molecule has 2 N–H and O–H groups in total. The van der Waals surface area contributed by atoms with Crippen LogP contribution in [0, 0.1) is 17.7 Å². The molecule has 0 spiro atoms. The van der Waals surface area contributed by atoms with Crippen molar-refractivity contribution in [3.8, 4) is 11.8 Å². The second-order valence-corrected chi connectivity index (χ2v) is 8.19. The fraction of sp³-hybridized carbons (Fsp3) is 0.0455. The van der Waals surface area contributed by atoms with Crippen LogP contribution in [0.1, 0.15) is 15.9 Å². The van der Waals surface area contributed by atoms with Crippen molar-refractivity contribution in [3.05, 3.63) is 94.8 Å². The van der Waals surface area contributed by atoms with E-state index in [1.54, 1.807) is 0 Å². The third-order valence-corrected chi connectivity index (χ3v) is 5.64. The molecule has 3 rings (SSSR count). The average molecular weight is 443 g/mol. The molecule has 0 aliphatic rings. The van der Waals surface area contributed by atoms with Gasteiger partial charge in [0.2, 0.25) is 0 Å². The van der Waals surface area contributed by atoms with Crippen molar-refractivity contribution in [1.82, 2.24) is 5.32 Å². The lowest BCUT2D eigenvalue weighted by Gasteiger charge is -2.10. The third-order valence-electron chi connectivity index (χ3n) is 3.93. The first kappa shape index (κ1) is 21.4. The molecule has 8 heteroatoms.